The first-order chi connectivity index (χ1) is 15.2. The third-order valence-electron chi connectivity index (χ3n) is 4.23. The third kappa shape index (κ3) is 4.69. The fourth-order valence-electron chi connectivity index (χ4n) is 2.71. The predicted octanol–water partition coefficient (Wildman–Crippen LogP) is 2.92. The Morgan fingerprint density at radius 2 is 1.97 bits per heavy atom. The summed E-state index contributed by atoms with van der Waals surface area (Å²) in [5.41, 5.74) is 0.304. The Hall–Kier alpha value is -3.94. The number of halogens is 2. The normalized spacial score (nSPS) is 11.0. The first kappa shape index (κ1) is 22.7. The van der Waals surface area contributed by atoms with Crippen molar-refractivity contribution in [2.24, 2.45) is 5.10 Å². The van der Waals surface area contributed by atoms with Gasteiger partial charge in [-0.15, -0.1) is 5.10 Å². The summed E-state index contributed by atoms with van der Waals surface area (Å²) >= 11 is 12.7. The molecule has 0 fully saturated rings. The molecule has 3 aromatic rings. The van der Waals surface area contributed by atoms with Crippen molar-refractivity contribution >= 4 is 57.7 Å². The molecule has 0 radical (unpaired) electrons. The van der Waals surface area contributed by atoms with E-state index in [2.05, 4.69) is 15.3 Å². The topological polar surface area (TPSA) is 141 Å². The second-order valence-corrected chi connectivity index (χ2v) is 7.24. The smallest absolute Gasteiger partial charge is 0.288 e. The van der Waals surface area contributed by atoms with Crippen LogP contribution in [0.1, 0.15) is 5.56 Å². The molecule has 2 aromatic carbocycles. The second kappa shape index (κ2) is 9.47. The molecule has 2 N–H and O–H groups in total. The minimum Gasteiger partial charge on any atom is -0.434 e. The minimum absolute atomic E-state index is 0.0788. The molecule has 162 valence electrons. The Morgan fingerprint density at radius 1 is 1.28 bits per heavy atom. The van der Waals surface area contributed by atoms with E-state index in [1.807, 2.05) is 18.3 Å². The number of hydrazone groups is 1. The van der Waals surface area contributed by atoms with E-state index in [4.69, 9.17) is 33.2 Å². The number of carbonyl (C=O) groups is 2. The maximum Gasteiger partial charge on any atom is 0.288 e. The maximum atomic E-state index is 12.1. The van der Waals surface area contributed by atoms with Crippen molar-refractivity contribution in [1.29, 1.82) is 5.26 Å². The van der Waals surface area contributed by atoms with Crippen LogP contribution in [0.3, 0.4) is 0 Å². The van der Waals surface area contributed by atoms with E-state index >= 15 is 0 Å². The molecule has 32 heavy (non-hydrogen) atoms. The quantitative estimate of drug-likeness (QED) is 0.319. The molecule has 0 saturated heterocycles. The summed E-state index contributed by atoms with van der Waals surface area (Å²) in [6.45, 7) is 1.85. The molecule has 0 aliphatic carbocycles. The molecule has 0 aliphatic rings. The molecule has 0 saturated carbocycles. The summed E-state index contributed by atoms with van der Waals surface area (Å²) < 4.78 is 5.80. The highest BCUT2D eigenvalue weighted by atomic mass is 35.5. The van der Waals surface area contributed by atoms with Crippen LogP contribution in [-0.2, 0) is 9.59 Å². The van der Waals surface area contributed by atoms with Crippen molar-refractivity contribution < 1.29 is 14.3 Å². The number of aromatic nitrogens is 2. The van der Waals surface area contributed by atoms with Gasteiger partial charge in [0.25, 0.3) is 11.5 Å². The number of benzene rings is 2. The molecule has 1 aromatic heterocycles. The van der Waals surface area contributed by atoms with Crippen molar-refractivity contribution in [2.75, 3.05) is 12.1 Å². The van der Waals surface area contributed by atoms with Gasteiger partial charge in [0, 0.05) is 7.05 Å². The lowest BCUT2D eigenvalue weighted by Crippen LogP contribution is -2.30. The van der Waals surface area contributed by atoms with E-state index < -0.39 is 11.6 Å². The van der Waals surface area contributed by atoms with E-state index in [1.165, 1.54) is 24.2 Å². The summed E-state index contributed by atoms with van der Waals surface area (Å²) in [6, 6.07) is 9.69. The van der Waals surface area contributed by atoms with Crippen molar-refractivity contribution in [3.63, 3.8) is 0 Å². The van der Waals surface area contributed by atoms with E-state index in [1.54, 1.807) is 18.2 Å². The van der Waals surface area contributed by atoms with E-state index in [9.17, 15) is 14.4 Å². The average molecular weight is 473 g/mol. The van der Waals surface area contributed by atoms with Crippen LogP contribution in [0.25, 0.3) is 10.8 Å². The van der Waals surface area contributed by atoms with Crippen molar-refractivity contribution in [1.82, 2.24) is 15.5 Å². The number of nitrogens with one attached hydrogen (secondary N) is 2. The summed E-state index contributed by atoms with van der Waals surface area (Å²) in [4.78, 5) is 34.1. The van der Waals surface area contributed by atoms with Crippen molar-refractivity contribution in [3.05, 3.63) is 56.3 Å². The number of imide groups is 1. The number of H-pyrrole nitrogens is 1. The molecule has 0 unspecified atom stereocenters. The van der Waals surface area contributed by atoms with E-state index in [-0.39, 0.29) is 33.6 Å². The van der Waals surface area contributed by atoms with Gasteiger partial charge in [0.1, 0.15) is 6.07 Å². The van der Waals surface area contributed by atoms with Crippen LogP contribution in [-0.4, -0.2) is 35.3 Å². The molecule has 0 aliphatic heterocycles. The van der Waals surface area contributed by atoms with Crippen LogP contribution in [0.15, 0.2) is 40.2 Å². The van der Waals surface area contributed by atoms with Crippen LogP contribution in [0.5, 0.6) is 11.6 Å². The van der Waals surface area contributed by atoms with Gasteiger partial charge >= 0.3 is 0 Å². The highest BCUT2D eigenvalue weighted by Crippen LogP contribution is 2.40. The summed E-state index contributed by atoms with van der Waals surface area (Å²) in [5.74, 6) is -0.785. The zero-order valence-corrected chi connectivity index (χ0v) is 18.2. The van der Waals surface area contributed by atoms with Crippen LogP contribution >= 0.6 is 23.2 Å². The number of fused-ring (bicyclic) bond motifs is 1. The van der Waals surface area contributed by atoms with Gasteiger partial charge in [-0.3, -0.25) is 24.7 Å². The van der Waals surface area contributed by atoms with Gasteiger partial charge in [-0.25, -0.2) is 5.10 Å². The number of hydrogen-bond acceptors (Lipinski definition) is 8. The summed E-state index contributed by atoms with van der Waals surface area (Å²) in [5, 5.41) is 23.3. The van der Waals surface area contributed by atoms with Crippen LogP contribution < -0.4 is 20.6 Å². The number of carbonyl (C=O) groups excluding carboxylic acids is 2. The monoisotopic (exact) mass is 472 g/mol. The predicted molar refractivity (Wildman–Crippen MR) is 119 cm³/mol. The molecular formula is C20H14Cl2N6O4. The minimum atomic E-state index is -0.960. The molecule has 10 nitrogen and oxygen atoms in total. The van der Waals surface area contributed by atoms with E-state index in [0.29, 0.717) is 16.5 Å². The standard InChI is InChI=1S/C20H14Cl2N6O4/c1-10-3-4-12-13(5-10)18(30)25-26-20(12)32-17-14(21)6-11(7-15(17)22)28(2)27-16(8-23)19(31)24-9-29/h3-7,9H,1-2H3,(H,25,30)(H,24,29,31)/b27-16-. The number of nitriles is 1. The molecular weight excluding hydrogens is 459 g/mol. The van der Waals surface area contributed by atoms with Crippen LogP contribution in [0.4, 0.5) is 5.69 Å². The highest BCUT2D eigenvalue weighted by Gasteiger charge is 2.17. The molecule has 2 amide bonds. The number of anilines is 1. The Labute approximate surface area is 191 Å². The lowest BCUT2D eigenvalue weighted by atomic mass is 10.1. The number of aryl methyl sites for hydroxylation is 1. The zero-order valence-electron chi connectivity index (χ0n) is 16.6. The molecule has 12 heteroatoms. The summed E-state index contributed by atoms with van der Waals surface area (Å²) in [7, 11) is 1.45. The van der Waals surface area contributed by atoms with Gasteiger partial charge in [-0.05, 0) is 31.2 Å². The SMILES string of the molecule is Cc1ccc2c(Oc3c(Cl)cc(N(C)/N=C(/C#N)C(=O)NC=O)cc3Cl)n[nH]c(=O)c2c1. The van der Waals surface area contributed by atoms with Gasteiger partial charge in [0.05, 0.1) is 26.5 Å². The number of ether oxygens (including phenoxy) is 1. The van der Waals surface area contributed by atoms with Gasteiger partial charge in [-0.2, -0.15) is 10.4 Å². The lowest BCUT2D eigenvalue weighted by molar-refractivity contribution is -0.120. The summed E-state index contributed by atoms with van der Waals surface area (Å²) in [6.07, 6.45) is 0.144. The first-order valence-electron chi connectivity index (χ1n) is 8.88. The average Bonchev–Trinajstić information content (AvgIpc) is 2.76. The van der Waals surface area contributed by atoms with Gasteiger partial charge in [0.2, 0.25) is 18.0 Å². The third-order valence-corrected chi connectivity index (χ3v) is 4.79. The number of aromatic amines is 1. The number of hydrogen-bond donors (Lipinski definition) is 2. The second-order valence-electron chi connectivity index (χ2n) is 6.42. The Kier molecular flexibility index (Phi) is 6.73. The van der Waals surface area contributed by atoms with Crippen molar-refractivity contribution in [2.45, 2.75) is 6.92 Å². The zero-order chi connectivity index (χ0) is 23.4. The van der Waals surface area contributed by atoms with Gasteiger partial charge in [-0.1, -0.05) is 34.8 Å². The van der Waals surface area contributed by atoms with Crippen LogP contribution in [0.2, 0.25) is 10.0 Å². The van der Waals surface area contributed by atoms with Gasteiger partial charge < -0.3 is 4.74 Å². The fourth-order valence-corrected chi connectivity index (χ4v) is 3.26. The lowest BCUT2D eigenvalue weighted by Gasteiger charge is -2.17. The Balaban J connectivity index is 1.97. The molecule has 1 heterocycles. The maximum absolute atomic E-state index is 12.1. The van der Waals surface area contributed by atoms with Crippen LogP contribution in [0, 0.1) is 18.3 Å². The first-order valence-corrected chi connectivity index (χ1v) is 9.63. The van der Waals surface area contributed by atoms with Gasteiger partial charge in [0.15, 0.2) is 5.75 Å². The number of amides is 2. The number of nitrogens with zero attached hydrogens (tertiary/aromatic N) is 4. The molecule has 3 rings (SSSR count). The van der Waals surface area contributed by atoms with E-state index in [0.717, 1.165) is 5.56 Å². The fraction of sp³-hybridized carbons (Fsp3) is 0.100. The van der Waals surface area contributed by atoms with Crippen molar-refractivity contribution in [3.8, 4) is 17.7 Å². The number of rotatable bonds is 6. The largest absolute Gasteiger partial charge is 0.434 e. The highest BCUT2D eigenvalue weighted by molar-refractivity contribution is 6.46. The molecule has 0 spiro atoms. The Bertz CT molecular complexity index is 1340. The molecule has 0 bridgehead atoms. The Morgan fingerprint density at radius 3 is 2.59 bits per heavy atom. The molecule has 0 atom stereocenters.